The quantitative estimate of drug-likeness (QED) is 0.455. The molecule has 1 aliphatic rings. The molecule has 0 saturated heterocycles. The van der Waals surface area contributed by atoms with E-state index in [0.717, 1.165) is 0 Å². The summed E-state index contributed by atoms with van der Waals surface area (Å²) in [5.74, 6) is 0. The Balaban J connectivity index is 3.04. The predicted molar refractivity (Wildman–Crippen MR) is 46.9 cm³/mol. The number of hydrogen-bond acceptors (Lipinski definition) is 4. The van der Waals surface area contributed by atoms with Gasteiger partial charge >= 0.3 is 0 Å². The van der Waals surface area contributed by atoms with Gasteiger partial charge in [-0.3, -0.25) is 0 Å². The zero-order valence-corrected chi connectivity index (χ0v) is 7.40. The van der Waals surface area contributed by atoms with Gasteiger partial charge < -0.3 is 20.4 Å². The van der Waals surface area contributed by atoms with Crippen molar-refractivity contribution < 1.29 is 20.4 Å². The molecule has 4 nitrogen and oxygen atoms in total. The zero-order chi connectivity index (χ0) is 9.35. The maximum atomic E-state index is 9.02. The van der Waals surface area contributed by atoms with Crippen molar-refractivity contribution in [2.24, 2.45) is 0 Å². The Hall–Kier alpha value is -0.330. The SMILES string of the molecule is CC1=CC=CS1(C(O)O)C(O)O. The molecule has 5 heteroatoms. The van der Waals surface area contributed by atoms with E-state index in [1.807, 2.05) is 0 Å². The highest BCUT2D eigenvalue weighted by atomic mass is 32.3. The van der Waals surface area contributed by atoms with Crippen LogP contribution in [0.25, 0.3) is 0 Å². The molecule has 1 aliphatic heterocycles. The molecule has 0 unspecified atom stereocenters. The summed E-state index contributed by atoms with van der Waals surface area (Å²) in [6, 6.07) is 0. The summed E-state index contributed by atoms with van der Waals surface area (Å²) in [7, 11) is -2.37. The van der Waals surface area contributed by atoms with E-state index in [1.54, 1.807) is 19.1 Å². The Kier molecular flexibility index (Phi) is 2.60. The standard InChI is InChI=1S/C7H12O4S/c1-5-3-2-4-12(5,6(8)9)7(10)11/h2-4,6-11H,1H3. The molecule has 0 saturated carbocycles. The maximum absolute atomic E-state index is 9.02. The Morgan fingerprint density at radius 1 is 1.17 bits per heavy atom. The van der Waals surface area contributed by atoms with Gasteiger partial charge in [-0.1, -0.05) is 22.2 Å². The summed E-state index contributed by atoms with van der Waals surface area (Å²) >= 11 is 0. The fraction of sp³-hybridized carbons (Fsp3) is 0.429. The largest absolute Gasteiger partial charge is 0.360 e. The molecule has 4 N–H and O–H groups in total. The monoisotopic (exact) mass is 192 g/mol. The Bertz CT molecular complexity index is 224. The van der Waals surface area contributed by atoms with Crippen molar-refractivity contribution in [1.29, 1.82) is 0 Å². The Morgan fingerprint density at radius 2 is 1.67 bits per heavy atom. The van der Waals surface area contributed by atoms with Gasteiger partial charge in [0.2, 0.25) is 0 Å². The summed E-state index contributed by atoms with van der Waals surface area (Å²) in [6.07, 6.45) is 3.25. The molecule has 0 radical (unpaired) electrons. The lowest BCUT2D eigenvalue weighted by atomic mass is 10.5. The number of rotatable bonds is 2. The fourth-order valence-electron chi connectivity index (χ4n) is 1.11. The van der Waals surface area contributed by atoms with Crippen LogP contribution in [0.15, 0.2) is 22.5 Å². The summed E-state index contributed by atoms with van der Waals surface area (Å²) in [5, 5.41) is 37.6. The van der Waals surface area contributed by atoms with Crippen molar-refractivity contribution in [1.82, 2.24) is 0 Å². The molecule has 0 aromatic carbocycles. The number of hydrogen-bond donors (Lipinski definition) is 4. The minimum atomic E-state index is -2.37. The van der Waals surface area contributed by atoms with Crippen molar-refractivity contribution in [2.75, 3.05) is 0 Å². The second kappa shape index (κ2) is 3.20. The average molecular weight is 192 g/mol. The molecule has 12 heavy (non-hydrogen) atoms. The average Bonchev–Trinajstić information content (AvgIpc) is 2.31. The first-order valence-corrected chi connectivity index (χ1v) is 5.22. The van der Waals surface area contributed by atoms with E-state index in [-0.39, 0.29) is 0 Å². The van der Waals surface area contributed by atoms with Crippen LogP contribution < -0.4 is 0 Å². The number of aliphatic hydroxyl groups excluding tert-OH is 2. The van der Waals surface area contributed by atoms with E-state index in [1.165, 1.54) is 5.41 Å². The van der Waals surface area contributed by atoms with Crippen LogP contribution in [-0.2, 0) is 0 Å². The topological polar surface area (TPSA) is 80.9 Å². The Morgan fingerprint density at radius 3 is 1.83 bits per heavy atom. The highest BCUT2D eigenvalue weighted by Gasteiger charge is 2.38. The summed E-state index contributed by atoms with van der Waals surface area (Å²) in [6.45, 7) is 1.65. The Labute approximate surface area is 71.8 Å². The maximum Gasteiger partial charge on any atom is 0.197 e. The van der Waals surface area contributed by atoms with Gasteiger partial charge in [0.25, 0.3) is 0 Å². The van der Waals surface area contributed by atoms with Crippen LogP contribution in [0, 0.1) is 0 Å². The summed E-state index contributed by atoms with van der Waals surface area (Å²) in [5.41, 5.74) is -3.43. The minimum Gasteiger partial charge on any atom is -0.360 e. The normalized spacial score (nSPS) is 23.4. The lowest BCUT2D eigenvalue weighted by Gasteiger charge is -2.38. The summed E-state index contributed by atoms with van der Waals surface area (Å²) in [4.78, 5) is 0.604. The molecular formula is C7H12O4S. The molecule has 1 heterocycles. The first-order valence-electron chi connectivity index (χ1n) is 3.40. The molecule has 70 valence electrons. The predicted octanol–water partition coefficient (Wildman–Crippen LogP) is -0.242. The van der Waals surface area contributed by atoms with Crippen molar-refractivity contribution in [3.05, 3.63) is 22.5 Å². The molecule has 0 amide bonds. The van der Waals surface area contributed by atoms with E-state index < -0.39 is 21.3 Å². The smallest absolute Gasteiger partial charge is 0.197 e. The molecule has 1 rings (SSSR count). The van der Waals surface area contributed by atoms with Crippen LogP contribution >= 0.6 is 10.0 Å². The summed E-state index contributed by atoms with van der Waals surface area (Å²) < 4.78 is 0. The van der Waals surface area contributed by atoms with Gasteiger partial charge in [0, 0.05) is 0 Å². The van der Waals surface area contributed by atoms with Gasteiger partial charge in [0.1, 0.15) is 0 Å². The van der Waals surface area contributed by atoms with E-state index in [9.17, 15) is 0 Å². The van der Waals surface area contributed by atoms with Crippen LogP contribution in [0.3, 0.4) is 0 Å². The van der Waals surface area contributed by atoms with Crippen molar-refractivity contribution in [3.8, 4) is 0 Å². The second-order valence-corrected chi connectivity index (χ2v) is 5.80. The van der Waals surface area contributed by atoms with Crippen LogP contribution in [0.4, 0.5) is 0 Å². The highest BCUT2D eigenvalue weighted by Crippen LogP contribution is 2.63. The fourth-order valence-corrected chi connectivity index (χ4v) is 3.14. The molecule has 0 aliphatic carbocycles. The number of allylic oxidation sites excluding steroid dienone is 3. The van der Waals surface area contributed by atoms with Gasteiger partial charge in [-0.05, 0) is 17.2 Å². The second-order valence-electron chi connectivity index (χ2n) is 2.52. The zero-order valence-electron chi connectivity index (χ0n) is 6.58. The minimum absolute atomic E-state index is 0.604. The first-order chi connectivity index (χ1) is 5.51. The number of aliphatic hydroxyl groups is 4. The van der Waals surface area contributed by atoms with Crippen LogP contribution in [0.2, 0.25) is 0 Å². The van der Waals surface area contributed by atoms with Crippen molar-refractivity contribution >= 4 is 10.0 Å². The third-order valence-electron chi connectivity index (χ3n) is 1.89. The van der Waals surface area contributed by atoms with Gasteiger partial charge in [-0.25, -0.2) is 0 Å². The van der Waals surface area contributed by atoms with Crippen molar-refractivity contribution in [2.45, 2.75) is 18.2 Å². The van der Waals surface area contributed by atoms with E-state index in [2.05, 4.69) is 0 Å². The van der Waals surface area contributed by atoms with E-state index in [4.69, 9.17) is 20.4 Å². The van der Waals surface area contributed by atoms with Crippen molar-refractivity contribution in [3.63, 3.8) is 0 Å². The lowest BCUT2D eigenvalue weighted by molar-refractivity contribution is 0.00552. The molecule has 0 fully saturated rings. The third kappa shape index (κ3) is 1.19. The van der Waals surface area contributed by atoms with Crippen LogP contribution in [0.5, 0.6) is 0 Å². The van der Waals surface area contributed by atoms with Gasteiger partial charge in [0.15, 0.2) is 11.2 Å². The molecule has 0 aromatic rings. The molecular weight excluding hydrogens is 180 g/mol. The van der Waals surface area contributed by atoms with Gasteiger partial charge in [-0.2, -0.15) is 0 Å². The highest BCUT2D eigenvalue weighted by molar-refractivity contribution is 8.39. The molecule has 0 atom stereocenters. The first kappa shape index (κ1) is 9.76. The van der Waals surface area contributed by atoms with E-state index >= 15 is 0 Å². The van der Waals surface area contributed by atoms with Crippen LogP contribution in [-0.4, -0.2) is 31.7 Å². The molecule has 0 aromatic heterocycles. The van der Waals surface area contributed by atoms with E-state index in [0.29, 0.717) is 4.91 Å². The van der Waals surface area contributed by atoms with Gasteiger partial charge in [-0.15, -0.1) is 0 Å². The van der Waals surface area contributed by atoms with Gasteiger partial charge in [0.05, 0.1) is 0 Å². The molecule has 0 bridgehead atoms. The third-order valence-corrected chi connectivity index (χ3v) is 5.14. The molecule has 0 spiro atoms. The van der Waals surface area contributed by atoms with Crippen LogP contribution in [0.1, 0.15) is 6.92 Å². The lowest BCUT2D eigenvalue weighted by Crippen LogP contribution is -2.26.